The van der Waals surface area contributed by atoms with Crippen LogP contribution in [0.4, 0.5) is 17.3 Å². The predicted octanol–water partition coefficient (Wildman–Crippen LogP) is 3.45. The summed E-state index contributed by atoms with van der Waals surface area (Å²) >= 11 is 6.11. The molecule has 0 aliphatic heterocycles. The fraction of sp³-hybridized carbons (Fsp3) is 0.214. The summed E-state index contributed by atoms with van der Waals surface area (Å²) in [7, 11) is 0. The first-order valence-electron chi connectivity index (χ1n) is 6.10. The zero-order valence-corrected chi connectivity index (χ0v) is 11.9. The molecule has 0 aliphatic carbocycles. The molecule has 5 nitrogen and oxygen atoms in total. The number of rotatable bonds is 3. The highest BCUT2D eigenvalue weighted by molar-refractivity contribution is 6.33. The number of hydrogen-bond acceptors (Lipinski definition) is 5. The molecule has 6 heteroatoms. The lowest BCUT2D eigenvalue weighted by atomic mass is 10.2. The molecule has 0 saturated heterocycles. The Morgan fingerprint density at radius 2 is 2.05 bits per heavy atom. The summed E-state index contributed by atoms with van der Waals surface area (Å²) in [5.41, 5.74) is 6.94. The molecule has 102 valence electrons. The normalized spacial score (nSPS) is 10.3. The summed E-state index contributed by atoms with van der Waals surface area (Å²) in [6.45, 7) is 3.99. The number of hydrogen-bond donors (Lipinski definition) is 2. The number of nitriles is 1. The molecule has 0 aliphatic rings. The molecule has 0 unspecified atom stereocenters. The molecular formula is C14H14ClN5. The summed E-state index contributed by atoms with van der Waals surface area (Å²) in [5, 5.41) is 12.3. The van der Waals surface area contributed by atoms with Crippen molar-refractivity contribution in [3.8, 4) is 6.07 Å². The maximum atomic E-state index is 8.81. The molecule has 20 heavy (non-hydrogen) atoms. The molecule has 0 atom stereocenters. The molecule has 0 bridgehead atoms. The fourth-order valence-electron chi connectivity index (χ4n) is 1.63. The Labute approximate surface area is 122 Å². The van der Waals surface area contributed by atoms with Crippen molar-refractivity contribution >= 4 is 28.9 Å². The minimum absolute atomic E-state index is 0.176. The number of nitrogens with two attached hydrogens (primary N) is 1. The van der Waals surface area contributed by atoms with Crippen LogP contribution >= 0.6 is 11.6 Å². The van der Waals surface area contributed by atoms with Gasteiger partial charge in [-0.05, 0) is 18.2 Å². The van der Waals surface area contributed by atoms with Gasteiger partial charge in [-0.15, -0.1) is 0 Å². The van der Waals surface area contributed by atoms with Crippen LogP contribution in [0.25, 0.3) is 0 Å². The van der Waals surface area contributed by atoms with Crippen LogP contribution in [-0.4, -0.2) is 9.97 Å². The smallest absolute Gasteiger partial charge is 0.136 e. The first kappa shape index (κ1) is 14.1. The lowest BCUT2D eigenvalue weighted by Gasteiger charge is -2.11. The SMILES string of the molecule is CC(C)c1nc(N)cc(Nc2ccc(C#N)cc2Cl)n1. The second kappa shape index (κ2) is 5.76. The molecule has 0 amide bonds. The zero-order chi connectivity index (χ0) is 14.7. The number of anilines is 3. The topological polar surface area (TPSA) is 87.6 Å². The molecule has 0 spiro atoms. The van der Waals surface area contributed by atoms with Crippen molar-refractivity contribution in [3.05, 3.63) is 40.7 Å². The third kappa shape index (κ3) is 3.16. The summed E-state index contributed by atoms with van der Waals surface area (Å²) in [5.74, 6) is 1.82. The van der Waals surface area contributed by atoms with Crippen LogP contribution in [0.1, 0.15) is 31.2 Å². The van der Waals surface area contributed by atoms with Gasteiger partial charge < -0.3 is 11.1 Å². The van der Waals surface area contributed by atoms with Crippen LogP contribution in [0.5, 0.6) is 0 Å². The van der Waals surface area contributed by atoms with E-state index in [9.17, 15) is 0 Å². The zero-order valence-electron chi connectivity index (χ0n) is 11.2. The van der Waals surface area contributed by atoms with E-state index in [0.29, 0.717) is 33.7 Å². The Bertz CT molecular complexity index is 676. The van der Waals surface area contributed by atoms with E-state index >= 15 is 0 Å². The molecule has 1 aromatic heterocycles. The summed E-state index contributed by atoms with van der Waals surface area (Å²) < 4.78 is 0. The van der Waals surface area contributed by atoms with Crippen molar-refractivity contribution in [1.82, 2.24) is 9.97 Å². The number of nitrogens with zero attached hydrogens (tertiary/aromatic N) is 3. The van der Waals surface area contributed by atoms with E-state index in [-0.39, 0.29) is 5.92 Å². The Balaban J connectivity index is 2.33. The quantitative estimate of drug-likeness (QED) is 0.902. The molecular weight excluding hydrogens is 274 g/mol. The standard InChI is InChI=1S/C14H14ClN5/c1-8(2)14-19-12(17)6-13(20-14)18-11-4-3-9(7-16)5-10(11)15/h3-6,8H,1-2H3,(H3,17,18,19,20). The molecule has 2 rings (SSSR count). The minimum atomic E-state index is 0.176. The minimum Gasteiger partial charge on any atom is -0.384 e. The fourth-order valence-corrected chi connectivity index (χ4v) is 1.86. The molecule has 0 radical (unpaired) electrons. The third-order valence-electron chi connectivity index (χ3n) is 2.64. The molecule has 1 aromatic carbocycles. The van der Waals surface area contributed by atoms with E-state index in [1.165, 1.54) is 0 Å². The number of nitrogen functional groups attached to an aromatic ring is 1. The van der Waals surface area contributed by atoms with Gasteiger partial charge >= 0.3 is 0 Å². The highest BCUT2D eigenvalue weighted by Crippen LogP contribution is 2.26. The summed E-state index contributed by atoms with van der Waals surface area (Å²) in [6.07, 6.45) is 0. The Morgan fingerprint density at radius 3 is 2.65 bits per heavy atom. The van der Waals surface area contributed by atoms with E-state index in [1.54, 1.807) is 24.3 Å². The molecule has 1 heterocycles. The van der Waals surface area contributed by atoms with E-state index in [4.69, 9.17) is 22.6 Å². The Morgan fingerprint density at radius 1 is 1.30 bits per heavy atom. The highest BCUT2D eigenvalue weighted by atomic mass is 35.5. The number of nitrogens with one attached hydrogen (secondary N) is 1. The van der Waals surface area contributed by atoms with Crippen LogP contribution in [0.2, 0.25) is 5.02 Å². The monoisotopic (exact) mass is 287 g/mol. The maximum Gasteiger partial charge on any atom is 0.136 e. The first-order valence-corrected chi connectivity index (χ1v) is 6.48. The number of halogens is 1. The van der Waals surface area contributed by atoms with E-state index < -0.39 is 0 Å². The lowest BCUT2D eigenvalue weighted by molar-refractivity contribution is 0.779. The van der Waals surface area contributed by atoms with Crippen molar-refractivity contribution in [3.63, 3.8) is 0 Å². The maximum absolute atomic E-state index is 8.81. The van der Waals surface area contributed by atoms with Gasteiger partial charge in [0.15, 0.2) is 0 Å². The average Bonchev–Trinajstić information content (AvgIpc) is 2.40. The van der Waals surface area contributed by atoms with Crippen LogP contribution in [0, 0.1) is 11.3 Å². The van der Waals surface area contributed by atoms with Gasteiger partial charge in [-0.1, -0.05) is 25.4 Å². The second-order valence-corrected chi connectivity index (χ2v) is 5.03. The molecule has 0 saturated carbocycles. The van der Waals surface area contributed by atoms with E-state index in [1.807, 2.05) is 19.9 Å². The second-order valence-electron chi connectivity index (χ2n) is 4.62. The van der Waals surface area contributed by atoms with Gasteiger partial charge in [-0.2, -0.15) is 5.26 Å². The van der Waals surface area contributed by atoms with Gasteiger partial charge in [0, 0.05) is 12.0 Å². The Hall–Kier alpha value is -2.32. The van der Waals surface area contributed by atoms with Gasteiger partial charge in [0.2, 0.25) is 0 Å². The van der Waals surface area contributed by atoms with Crippen LogP contribution in [-0.2, 0) is 0 Å². The van der Waals surface area contributed by atoms with Gasteiger partial charge in [0.25, 0.3) is 0 Å². The van der Waals surface area contributed by atoms with Crippen LogP contribution < -0.4 is 11.1 Å². The van der Waals surface area contributed by atoms with E-state index in [2.05, 4.69) is 15.3 Å². The highest BCUT2D eigenvalue weighted by Gasteiger charge is 2.08. The van der Waals surface area contributed by atoms with Crippen molar-refractivity contribution in [2.45, 2.75) is 19.8 Å². The van der Waals surface area contributed by atoms with Crippen LogP contribution in [0.15, 0.2) is 24.3 Å². The van der Waals surface area contributed by atoms with E-state index in [0.717, 1.165) is 0 Å². The lowest BCUT2D eigenvalue weighted by Crippen LogP contribution is -2.05. The van der Waals surface area contributed by atoms with Gasteiger partial charge in [0.1, 0.15) is 17.5 Å². The largest absolute Gasteiger partial charge is 0.384 e. The van der Waals surface area contributed by atoms with Crippen molar-refractivity contribution in [1.29, 1.82) is 5.26 Å². The number of aromatic nitrogens is 2. The Kier molecular flexibility index (Phi) is 4.06. The third-order valence-corrected chi connectivity index (χ3v) is 2.95. The molecule has 3 N–H and O–H groups in total. The van der Waals surface area contributed by atoms with Gasteiger partial charge in [0.05, 0.1) is 22.3 Å². The van der Waals surface area contributed by atoms with Crippen molar-refractivity contribution in [2.75, 3.05) is 11.1 Å². The summed E-state index contributed by atoms with van der Waals surface area (Å²) in [4.78, 5) is 8.56. The van der Waals surface area contributed by atoms with Gasteiger partial charge in [-0.25, -0.2) is 9.97 Å². The van der Waals surface area contributed by atoms with Crippen LogP contribution in [0.3, 0.4) is 0 Å². The molecule has 0 fully saturated rings. The predicted molar refractivity (Wildman–Crippen MR) is 80.0 cm³/mol. The first-order chi connectivity index (χ1) is 9.49. The molecule has 2 aromatic rings. The van der Waals surface area contributed by atoms with Gasteiger partial charge in [-0.3, -0.25) is 0 Å². The van der Waals surface area contributed by atoms with Crippen molar-refractivity contribution in [2.24, 2.45) is 0 Å². The summed E-state index contributed by atoms with van der Waals surface area (Å²) in [6, 6.07) is 8.68. The van der Waals surface area contributed by atoms with Crippen molar-refractivity contribution < 1.29 is 0 Å². The average molecular weight is 288 g/mol. The number of benzene rings is 1.